The molecule has 0 aliphatic carbocycles. The van der Waals surface area contributed by atoms with E-state index in [1.807, 2.05) is 0 Å². The number of carbonyl (C=O) groups excluding carboxylic acids is 1. The average Bonchev–Trinajstić information content (AvgIpc) is 2.31. The van der Waals surface area contributed by atoms with E-state index in [2.05, 4.69) is 10.5 Å². The van der Waals surface area contributed by atoms with Crippen molar-refractivity contribution in [2.45, 2.75) is 6.42 Å². The average molecular weight is 267 g/mol. The second-order valence-electron chi connectivity index (χ2n) is 3.09. The Bertz CT molecular complexity index is 551. The number of amides is 1. The van der Waals surface area contributed by atoms with Gasteiger partial charge >= 0.3 is 0 Å². The molecule has 0 saturated heterocycles. The monoisotopic (exact) mass is 266 g/mol. The number of hydrogen-bond acceptors (Lipinski definition) is 5. The molecule has 0 aliphatic rings. The number of hydrazone groups is 1. The van der Waals surface area contributed by atoms with Crippen LogP contribution in [0.2, 0.25) is 5.02 Å². The highest BCUT2D eigenvalue weighted by atomic mass is 35.5. The molecule has 1 N–H and O–H groups in total. The van der Waals surface area contributed by atoms with Gasteiger partial charge in [-0.1, -0.05) is 11.6 Å². The maximum atomic E-state index is 10.9. The van der Waals surface area contributed by atoms with Gasteiger partial charge in [0, 0.05) is 22.7 Å². The zero-order valence-corrected chi connectivity index (χ0v) is 9.72. The largest absolute Gasteiger partial charge is 0.272 e. The molecule has 7 nitrogen and oxygen atoms in total. The molecule has 0 radical (unpaired) electrons. The Labute approximate surface area is 107 Å². The maximum Gasteiger partial charge on any atom is 0.270 e. The van der Waals surface area contributed by atoms with Gasteiger partial charge in [0.15, 0.2) is 0 Å². The van der Waals surface area contributed by atoms with Gasteiger partial charge in [-0.05, 0) is 6.07 Å². The summed E-state index contributed by atoms with van der Waals surface area (Å²) >= 11 is 5.80. The van der Waals surface area contributed by atoms with Crippen LogP contribution in [0.4, 0.5) is 5.69 Å². The summed E-state index contributed by atoms with van der Waals surface area (Å²) in [7, 11) is 0. The Morgan fingerprint density at radius 2 is 2.39 bits per heavy atom. The van der Waals surface area contributed by atoms with Gasteiger partial charge in [-0.15, -0.1) is 0 Å². The molecule has 0 aromatic heterocycles. The third-order valence-corrected chi connectivity index (χ3v) is 2.17. The fourth-order valence-corrected chi connectivity index (χ4v) is 1.20. The molecule has 0 saturated carbocycles. The van der Waals surface area contributed by atoms with Crippen LogP contribution in [0.5, 0.6) is 0 Å². The van der Waals surface area contributed by atoms with Gasteiger partial charge < -0.3 is 0 Å². The van der Waals surface area contributed by atoms with E-state index in [1.165, 1.54) is 24.4 Å². The number of nitro benzene ring substituents is 1. The van der Waals surface area contributed by atoms with Crippen LogP contribution in [0.3, 0.4) is 0 Å². The van der Waals surface area contributed by atoms with E-state index in [-0.39, 0.29) is 17.1 Å². The number of nitrogens with zero attached hydrogens (tertiary/aromatic N) is 3. The maximum absolute atomic E-state index is 10.9. The molecule has 0 aliphatic heterocycles. The van der Waals surface area contributed by atoms with Crippen molar-refractivity contribution >= 4 is 29.4 Å². The lowest BCUT2D eigenvalue weighted by Crippen LogP contribution is -2.16. The lowest BCUT2D eigenvalue weighted by atomic mass is 10.2. The van der Waals surface area contributed by atoms with Crippen molar-refractivity contribution in [3.63, 3.8) is 0 Å². The molecule has 0 unspecified atom stereocenters. The number of carbonyl (C=O) groups is 1. The first-order chi connectivity index (χ1) is 8.54. The quantitative estimate of drug-likeness (QED) is 0.507. The fourth-order valence-electron chi connectivity index (χ4n) is 1.03. The number of nitrogens with one attached hydrogen (secondary N) is 1. The van der Waals surface area contributed by atoms with Gasteiger partial charge in [0.1, 0.15) is 6.42 Å². The van der Waals surface area contributed by atoms with E-state index < -0.39 is 10.8 Å². The number of rotatable bonds is 4. The lowest BCUT2D eigenvalue weighted by Gasteiger charge is -1.98. The summed E-state index contributed by atoms with van der Waals surface area (Å²) in [6.07, 6.45) is 0.852. The standard InChI is InChI=1S/C10H7ClN4O3/c11-9-2-1-8(15(17)18)5-7(9)6-13-14-10(16)3-4-12/h1-2,5-6H,3H2,(H,14,16)/b13-6-. The summed E-state index contributed by atoms with van der Waals surface area (Å²) in [5.74, 6) is -0.574. The first kappa shape index (κ1) is 13.6. The van der Waals surface area contributed by atoms with E-state index >= 15 is 0 Å². The van der Waals surface area contributed by atoms with Crippen LogP contribution >= 0.6 is 11.6 Å². The minimum atomic E-state index is -0.574. The summed E-state index contributed by atoms with van der Waals surface area (Å²) in [6.45, 7) is 0. The van der Waals surface area contributed by atoms with Crippen molar-refractivity contribution in [1.82, 2.24) is 5.43 Å². The Hall–Kier alpha value is -2.46. The second-order valence-corrected chi connectivity index (χ2v) is 3.50. The Morgan fingerprint density at radius 3 is 3.00 bits per heavy atom. The topological polar surface area (TPSA) is 108 Å². The number of benzene rings is 1. The SMILES string of the molecule is N#CCC(=O)N/N=C\c1cc([N+](=O)[O-])ccc1Cl. The van der Waals surface area contributed by atoms with Crippen LogP contribution in [0.15, 0.2) is 23.3 Å². The smallest absolute Gasteiger partial charge is 0.270 e. The van der Waals surface area contributed by atoms with Crippen molar-refractivity contribution in [1.29, 1.82) is 5.26 Å². The zero-order chi connectivity index (χ0) is 13.5. The third kappa shape index (κ3) is 3.84. The molecule has 1 aromatic carbocycles. The van der Waals surface area contributed by atoms with Crippen LogP contribution in [0, 0.1) is 21.4 Å². The summed E-state index contributed by atoms with van der Waals surface area (Å²) in [6, 6.07) is 5.49. The van der Waals surface area contributed by atoms with Crippen molar-refractivity contribution < 1.29 is 9.72 Å². The molecule has 92 valence electrons. The summed E-state index contributed by atoms with van der Waals surface area (Å²) in [4.78, 5) is 20.9. The predicted octanol–water partition coefficient (Wildman–Crippen LogP) is 1.61. The van der Waals surface area contributed by atoms with Gasteiger partial charge in [-0.25, -0.2) is 5.43 Å². The van der Waals surface area contributed by atoms with Crippen molar-refractivity contribution in [2.24, 2.45) is 5.10 Å². The Balaban J connectivity index is 2.81. The molecule has 0 spiro atoms. The normalized spacial score (nSPS) is 10.0. The van der Waals surface area contributed by atoms with Crippen molar-refractivity contribution in [3.8, 4) is 6.07 Å². The molecule has 1 rings (SSSR count). The van der Waals surface area contributed by atoms with Gasteiger partial charge in [0.2, 0.25) is 0 Å². The highest BCUT2D eigenvalue weighted by molar-refractivity contribution is 6.33. The van der Waals surface area contributed by atoms with Gasteiger partial charge in [0.25, 0.3) is 11.6 Å². The first-order valence-corrected chi connectivity index (χ1v) is 5.05. The van der Waals surface area contributed by atoms with Gasteiger partial charge in [0.05, 0.1) is 17.2 Å². The second kappa shape index (κ2) is 6.32. The minimum absolute atomic E-state index is 0.135. The number of nitro groups is 1. The van der Waals surface area contributed by atoms with E-state index in [1.54, 1.807) is 6.07 Å². The first-order valence-electron chi connectivity index (χ1n) is 4.67. The fraction of sp³-hybridized carbons (Fsp3) is 0.100. The minimum Gasteiger partial charge on any atom is -0.272 e. The number of halogens is 1. The highest BCUT2D eigenvalue weighted by Crippen LogP contribution is 2.20. The van der Waals surface area contributed by atoms with E-state index in [4.69, 9.17) is 16.9 Å². The van der Waals surface area contributed by atoms with Gasteiger partial charge in [-0.2, -0.15) is 10.4 Å². The van der Waals surface area contributed by atoms with Crippen LogP contribution < -0.4 is 5.43 Å². The summed E-state index contributed by atoms with van der Waals surface area (Å²) in [5, 5.41) is 22.6. The Kier molecular flexibility index (Phi) is 4.78. The molecule has 0 atom stereocenters. The summed E-state index contributed by atoms with van der Waals surface area (Å²) in [5.41, 5.74) is 2.25. The van der Waals surface area contributed by atoms with Crippen LogP contribution in [-0.2, 0) is 4.79 Å². The molecule has 0 fully saturated rings. The van der Waals surface area contributed by atoms with Gasteiger partial charge in [-0.3, -0.25) is 14.9 Å². The Morgan fingerprint density at radius 1 is 1.67 bits per heavy atom. The third-order valence-electron chi connectivity index (χ3n) is 1.82. The van der Waals surface area contributed by atoms with Crippen molar-refractivity contribution in [3.05, 3.63) is 38.9 Å². The number of nitriles is 1. The predicted molar refractivity (Wildman–Crippen MR) is 64.1 cm³/mol. The number of hydrogen-bond donors (Lipinski definition) is 1. The molecular weight excluding hydrogens is 260 g/mol. The van der Waals surface area contributed by atoms with E-state index in [0.29, 0.717) is 5.56 Å². The molecule has 0 bridgehead atoms. The zero-order valence-electron chi connectivity index (χ0n) is 8.96. The number of non-ortho nitro benzene ring substituents is 1. The van der Waals surface area contributed by atoms with Crippen LogP contribution in [0.1, 0.15) is 12.0 Å². The highest BCUT2D eigenvalue weighted by Gasteiger charge is 2.08. The molecule has 8 heteroatoms. The van der Waals surface area contributed by atoms with E-state index in [0.717, 1.165) is 0 Å². The molecular formula is C10H7ClN4O3. The molecule has 1 aromatic rings. The van der Waals surface area contributed by atoms with Crippen molar-refractivity contribution in [2.75, 3.05) is 0 Å². The lowest BCUT2D eigenvalue weighted by molar-refractivity contribution is -0.384. The molecule has 1 amide bonds. The summed E-state index contributed by atoms with van der Waals surface area (Å²) < 4.78 is 0. The molecule has 18 heavy (non-hydrogen) atoms. The van der Waals surface area contributed by atoms with Crippen LogP contribution in [0.25, 0.3) is 0 Å². The van der Waals surface area contributed by atoms with Crippen LogP contribution in [-0.4, -0.2) is 17.0 Å². The molecule has 0 heterocycles. The van der Waals surface area contributed by atoms with E-state index in [9.17, 15) is 14.9 Å².